The molecule has 38 heavy (non-hydrogen) atoms. The second kappa shape index (κ2) is 12.7. The standard InChI is InChI=1S/C26H22O6PS2.3Na/c1-17-24(19-6-4-3-5-7-19)33-16-26(17,2)23(18-8-12-21(13-9-18)34(27,28)29)25(33)20-10-14-22(15-11-20)35(30,31)32;;;/h4-15H,16H2,1-2H3,(H,27,28,29)(H,30,31,32);;;/q-1;3*+1/p-2. The number of rotatable bonds is 5. The summed E-state index contributed by atoms with van der Waals surface area (Å²) in [6.07, 6.45) is 0.857. The molecule has 0 saturated heterocycles. The van der Waals surface area contributed by atoms with Crippen molar-refractivity contribution in [1.29, 1.82) is 0 Å². The maximum atomic E-state index is 11.5. The fraction of sp³-hybridized carbons (Fsp3) is 0.154. The first-order valence-electron chi connectivity index (χ1n) is 10.7. The molecule has 6 nitrogen and oxygen atoms in total. The van der Waals surface area contributed by atoms with Crippen molar-refractivity contribution in [2.75, 3.05) is 6.16 Å². The maximum absolute atomic E-state index is 11.5. The molecule has 0 aromatic heterocycles. The first-order chi connectivity index (χ1) is 16.4. The van der Waals surface area contributed by atoms with Crippen molar-refractivity contribution in [1.82, 2.24) is 0 Å². The van der Waals surface area contributed by atoms with Gasteiger partial charge >= 0.3 is 88.7 Å². The Hall–Kier alpha value is 0.390. The fourth-order valence-corrected chi connectivity index (χ4v) is 9.80. The van der Waals surface area contributed by atoms with Gasteiger partial charge in [0.25, 0.3) is 0 Å². The molecular weight excluding hydrogens is 572 g/mol. The monoisotopic (exact) mass is 592 g/mol. The van der Waals surface area contributed by atoms with Gasteiger partial charge in [0.15, 0.2) is 0 Å². The number of benzene rings is 3. The fourth-order valence-electron chi connectivity index (χ4n) is 5.07. The van der Waals surface area contributed by atoms with Crippen molar-refractivity contribution >= 4 is 44.4 Å². The van der Waals surface area contributed by atoms with Crippen LogP contribution in [0, 0.1) is 11.5 Å². The molecule has 2 bridgehead atoms. The van der Waals surface area contributed by atoms with E-state index in [-0.39, 0.29) is 104 Å². The molecule has 0 radical (unpaired) electrons. The summed E-state index contributed by atoms with van der Waals surface area (Å²) in [6, 6.07) is 22.8. The van der Waals surface area contributed by atoms with Crippen LogP contribution in [0.4, 0.5) is 0 Å². The van der Waals surface area contributed by atoms with Gasteiger partial charge in [0, 0.05) is 5.41 Å². The second-order valence-electron chi connectivity index (χ2n) is 8.86. The molecule has 2 unspecified atom stereocenters. The number of fused-ring (bicyclic) bond motifs is 2. The minimum Gasteiger partial charge on any atom is -0.744 e. The van der Waals surface area contributed by atoms with E-state index < -0.39 is 28.2 Å². The van der Waals surface area contributed by atoms with Crippen molar-refractivity contribution in [2.24, 2.45) is 5.41 Å². The number of hydrogen-bond donors (Lipinski definition) is 0. The molecule has 0 N–H and O–H groups in total. The Bertz CT molecular complexity index is 1620. The van der Waals surface area contributed by atoms with Crippen molar-refractivity contribution in [2.45, 2.75) is 23.6 Å². The minimum atomic E-state index is -4.57. The quantitative estimate of drug-likeness (QED) is 0.130. The van der Waals surface area contributed by atoms with Crippen molar-refractivity contribution in [3.8, 4) is 0 Å². The summed E-state index contributed by atoms with van der Waals surface area (Å²) in [5.74, 6) is 0. The summed E-state index contributed by atoms with van der Waals surface area (Å²) in [7, 11) is -9.97. The van der Waals surface area contributed by atoms with E-state index in [0.29, 0.717) is 0 Å². The van der Waals surface area contributed by atoms with Crippen molar-refractivity contribution < 1.29 is 115 Å². The van der Waals surface area contributed by atoms with Gasteiger partial charge in [0.2, 0.25) is 0 Å². The molecule has 3 aromatic rings. The van der Waals surface area contributed by atoms with Crippen LogP contribution in [0.5, 0.6) is 0 Å². The van der Waals surface area contributed by atoms with E-state index in [0.717, 1.165) is 33.7 Å². The summed E-state index contributed by atoms with van der Waals surface area (Å²) >= 11 is 0. The van der Waals surface area contributed by atoms with Gasteiger partial charge in [-0.1, -0.05) is 36.8 Å². The Balaban J connectivity index is 0.00000169. The Morgan fingerprint density at radius 1 is 0.711 bits per heavy atom. The molecule has 0 amide bonds. The molecule has 2 atom stereocenters. The molecule has 2 aliphatic rings. The topological polar surface area (TPSA) is 114 Å². The molecule has 180 valence electrons. The maximum Gasteiger partial charge on any atom is 1.00 e. The molecule has 2 aliphatic heterocycles. The molecule has 3 aromatic carbocycles. The molecule has 0 fully saturated rings. The SMILES string of the molecule is CC1=C(c2cc[c-]cc2)P2CC1(C)C(c1ccc(S(=O)(=O)[O-])cc1)=C2c1ccc(S(=O)(=O)[O-])cc1.[Na+].[Na+].[Na+]. The zero-order chi connectivity index (χ0) is 25.2. The van der Waals surface area contributed by atoms with Crippen LogP contribution in [0.3, 0.4) is 0 Å². The van der Waals surface area contributed by atoms with Crippen LogP contribution in [-0.4, -0.2) is 32.1 Å². The molecule has 12 heteroatoms. The van der Waals surface area contributed by atoms with Crippen LogP contribution in [0.25, 0.3) is 16.2 Å². The van der Waals surface area contributed by atoms with Gasteiger partial charge in [0.05, 0.1) is 9.79 Å². The average molecular weight is 593 g/mol. The largest absolute Gasteiger partial charge is 1.00 e. The minimum absolute atomic E-state index is 0. The van der Waals surface area contributed by atoms with Gasteiger partial charge < -0.3 is 9.11 Å². The van der Waals surface area contributed by atoms with Crippen LogP contribution >= 0.6 is 7.92 Å². The van der Waals surface area contributed by atoms with Crippen molar-refractivity contribution in [3.63, 3.8) is 0 Å². The zero-order valence-corrected chi connectivity index (χ0v) is 30.4. The van der Waals surface area contributed by atoms with E-state index in [1.807, 2.05) is 24.3 Å². The predicted molar refractivity (Wildman–Crippen MR) is 133 cm³/mol. The number of hydrogen-bond acceptors (Lipinski definition) is 6. The summed E-state index contributed by atoms with van der Waals surface area (Å²) in [5, 5.41) is 2.32. The molecule has 0 spiro atoms. The zero-order valence-electron chi connectivity index (χ0n) is 21.8. The number of allylic oxidation sites excluding steroid dienone is 2. The molecular formula is C26H20Na3O6PS2. The van der Waals surface area contributed by atoms with Gasteiger partial charge in [-0.15, -0.1) is 5.56 Å². The van der Waals surface area contributed by atoms with E-state index in [9.17, 15) is 25.9 Å². The first kappa shape index (κ1) is 34.6. The summed E-state index contributed by atoms with van der Waals surface area (Å²) in [6.45, 7) is 4.28. The van der Waals surface area contributed by atoms with Crippen LogP contribution in [0.1, 0.15) is 30.5 Å². The Labute approximate surface area is 291 Å². The Morgan fingerprint density at radius 3 is 1.58 bits per heavy atom. The smallest absolute Gasteiger partial charge is 0.744 e. The van der Waals surface area contributed by atoms with Gasteiger partial charge in [-0.05, 0) is 72.6 Å². The summed E-state index contributed by atoms with van der Waals surface area (Å²) in [4.78, 5) is -0.581. The van der Waals surface area contributed by atoms with E-state index in [1.165, 1.54) is 35.2 Å². The van der Waals surface area contributed by atoms with Crippen LogP contribution < -0.4 is 88.7 Å². The normalized spacial score (nSPS) is 20.5. The summed E-state index contributed by atoms with van der Waals surface area (Å²) < 4.78 is 68.8. The third-order valence-electron chi connectivity index (χ3n) is 6.83. The average Bonchev–Trinajstić information content (AvgIpc) is 3.26. The predicted octanol–water partition coefficient (Wildman–Crippen LogP) is -3.88. The van der Waals surface area contributed by atoms with E-state index in [4.69, 9.17) is 0 Å². The van der Waals surface area contributed by atoms with Gasteiger partial charge in [-0.3, -0.25) is 0 Å². The Morgan fingerprint density at radius 2 is 1.13 bits per heavy atom. The first-order valence-corrected chi connectivity index (χ1v) is 15.1. The third kappa shape index (κ3) is 6.25. The van der Waals surface area contributed by atoms with E-state index in [1.54, 1.807) is 24.3 Å². The Kier molecular flexibility index (Phi) is 11.6. The van der Waals surface area contributed by atoms with Gasteiger partial charge in [0.1, 0.15) is 20.2 Å². The van der Waals surface area contributed by atoms with Gasteiger partial charge in [-0.2, -0.15) is 30.3 Å². The molecule has 5 rings (SSSR count). The second-order valence-corrected chi connectivity index (χ2v) is 13.7. The van der Waals surface area contributed by atoms with Gasteiger partial charge in [-0.25, -0.2) is 16.8 Å². The van der Waals surface area contributed by atoms with Crippen LogP contribution in [0.15, 0.2) is 88.2 Å². The molecule has 0 saturated carbocycles. The van der Waals surface area contributed by atoms with E-state index in [2.05, 4.69) is 19.9 Å². The van der Waals surface area contributed by atoms with E-state index >= 15 is 0 Å². The van der Waals surface area contributed by atoms with Crippen LogP contribution in [0.2, 0.25) is 0 Å². The van der Waals surface area contributed by atoms with Crippen molar-refractivity contribution in [3.05, 3.63) is 101 Å². The molecule has 2 heterocycles. The third-order valence-corrected chi connectivity index (χ3v) is 11.6. The molecule has 0 aliphatic carbocycles. The summed E-state index contributed by atoms with van der Waals surface area (Å²) in [5.41, 5.74) is 4.65. The van der Waals surface area contributed by atoms with Crippen LogP contribution in [-0.2, 0) is 20.2 Å².